The van der Waals surface area contributed by atoms with Crippen LogP contribution in [0.5, 0.6) is 0 Å². The zero-order valence-corrected chi connectivity index (χ0v) is 11.1. The van der Waals surface area contributed by atoms with Crippen molar-refractivity contribution in [2.45, 2.75) is 39.0 Å². The highest BCUT2D eigenvalue weighted by Crippen LogP contribution is 2.24. The minimum Gasteiger partial charge on any atom is -0.465 e. The molecule has 1 rings (SSSR count). The van der Waals surface area contributed by atoms with Crippen LogP contribution in [0.3, 0.4) is 0 Å². The van der Waals surface area contributed by atoms with Gasteiger partial charge in [-0.15, -0.1) is 11.3 Å². The first-order valence-corrected chi connectivity index (χ1v) is 6.54. The zero-order chi connectivity index (χ0) is 13.7. The van der Waals surface area contributed by atoms with Crippen LogP contribution < -0.4 is 5.32 Å². The van der Waals surface area contributed by atoms with Gasteiger partial charge in [0.1, 0.15) is 11.1 Å². The maximum atomic E-state index is 10.6. The summed E-state index contributed by atoms with van der Waals surface area (Å²) in [4.78, 5) is 14.7. The van der Waals surface area contributed by atoms with Gasteiger partial charge in [0.2, 0.25) is 0 Å². The van der Waals surface area contributed by atoms with Gasteiger partial charge in [-0.3, -0.25) is 0 Å². The van der Waals surface area contributed by atoms with Crippen LogP contribution in [0.25, 0.3) is 0 Å². The van der Waals surface area contributed by atoms with Crippen molar-refractivity contribution in [1.82, 2.24) is 10.3 Å². The average molecular weight is 274 g/mol. The average Bonchev–Trinajstić information content (AvgIpc) is 2.75. The van der Waals surface area contributed by atoms with Crippen LogP contribution in [0.4, 0.5) is 4.79 Å². The molecule has 0 spiro atoms. The second kappa shape index (κ2) is 6.67. The third kappa shape index (κ3) is 4.25. The normalized spacial score (nSPS) is 14.5. The minimum atomic E-state index is -1.10. The number of nitrogens with zero attached hydrogens (tertiary/aromatic N) is 1. The number of aromatic nitrogens is 1. The van der Waals surface area contributed by atoms with Gasteiger partial charge in [-0.1, -0.05) is 13.8 Å². The molecule has 6 nitrogen and oxygen atoms in total. The number of amides is 1. The van der Waals surface area contributed by atoms with Crippen molar-refractivity contribution in [1.29, 1.82) is 0 Å². The summed E-state index contributed by atoms with van der Waals surface area (Å²) >= 11 is 1.26. The Labute approximate surface area is 109 Å². The van der Waals surface area contributed by atoms with Crippen molar-refractivity contribution in [3.05, 3.63) is 16.1 Å². The summed E-state index contributed by atoms with van der Waals surface area (Å²) in [6.45, 7) is 3.60. The monoisotopic (exact) mass is 274 g/mol. The third-order valence-corrected chi connectivity index (χ3v) is 3.60. The molecule has 7 heteroatoms. The SMILES string of the molecule is CC(C)C(CC(O)c1nc(CO)cs1)NC(=O)O. The fourth-order valence-corrected chi connectivity index (χ4v) is 2.35. The molecule has 4 N–H and O–H groups in total. The van der Waals surface area contributed by atoms with Crippen LogP contribution in [0, 0.1) is 5.92 Å². The van der Waals surface area contributed by atoms with Crippen molar-refractivity contribution >= 4 is 17.4 Å². The van der Waals surface area contributed by atoms with Crippen LogP contribution in [0.2, 0.25) is 0 Å². The number of rotatable bonds is 6. The molecular weight excluding hydrogens is 256 g/mol. The molecule has 102 valence electrons. The van der Waals surface area contributed by atoms with Crippen LogP contribution in [0.15, 0.2) is 5.38 Å². The van der Waals surface area contributed by atoms with Gasteiger partial charge in [-0.05, 0) is 5.92 Å². The van der Waals surface area contributed by atoms with Crippen molar-refractivity contribution < 1.29 is 20.1 Å². The molecule has 2 atom stereocenters. The van der Waals surface area contributed by atoms with Gasteiger partial charge in [0.15, 0.2) is 0 Å². The number of thiazole rings is 1. The van der Waals surface area contributed by atoms with E-state index in [1.54, 1.807) is 5.38 Å². The largest absolute Gasteiger partial charge is 0.465 e. The summed E-state index contributed by atoms with van der Waals surface area (Å²) in [5, 5.41) is 32.2. The first kappa shape index (κ1) is 14.9. The minimum absolute atomic E-state index is 0.0769. The van der Waals surface area contributed by atoms with Gasteiger partial charge in [-0.2, -0.15) is 0 Å². The van der Waals surface area contributed by atoms with Gasteiger partial charge in [0.05, 0.1) is 12.3 Å². The van der Waals surface area contributed by atoms with Crippen molar-refractivity contribution in [2.75, 3.05) is 0 Å². The number of carboxylic acid groups (broad SMARTS) is 1. The van der Waals surface area contributed by atoms with Crippen LogP contribution in [0.1, 0.15) is 37.1 Å². The fraction of sp³-hybridized carbons (Fsp3) is 0.636. The van der Waals surface area contributed by atoms with Gasteiger partial charge >= 0.3 is 6.09 Å². The maximum Gasteiger partial charge on any atom is 0.404 e. The van der Waals surface area contributed by atoms with Crippen molar-refractivity contribution in [3.63, 3.8) is 0 Å². The second-order valence-electron chi connectivity index (χ2n) is 4.39. The molecule has 0 radical (unpaired) electrons. The van der Waals surface area contributed by atoms with E-state index in [9.17, 15) is 9.90 Å². The van der Waals surface area contributed by atoms with E-state index in [1.165, 1.54) is 11.3 Å². The number of carbonyl (C=O) groups is 1. The summed E-state index contributed by atoms with van der Waals surface area (Å²) in [5.41, 5.74) is 0.515. The van der Waals surface area contributed by atoms with Gasteiger partial charge in [-0.25, -0.2) is 9.78 Å². The molecule has 0 aliphatic heterocycles. The Morgan fingerprint density at radius 3 is 2.67 bits per heavy atom. The topological polar surface area (TPSA) is 103 Å². The van der Waals surface area contributed by atoms with Crippen molar-refractivity contribution in [3.8, 4) is 0 Å². The number of aliphatic hydroxyl groups is 2. The summed E-state index contributed by atoms with van der Waals surface area (Å²) in [6, 6.07) is -0.334. The third-order valence-electron chi connectivity index (χ3n) is 2.61. The van der Waals surface area contributed by atoms with E-state index in [1.807, 2.05) is 13.8 Å². The molecule has 1 aromatic heterocycles. The molecule has 0 saturated heterocycles. The number of hydrogen-bond donors (Lipinski definition) is 4. The molecule has 0 fully saturated rings. The van der Waals surface area contributed by atoms with Crippen LogP contribution in [-0.2, 0) is 6.61 Å². The molecule has 0 aromatic carbocycles. The lowest BCUT2D eigenvalue weighted by Crippen LogP contribution is -2.38. The van der Waals surface area contributed by atoms with Crippen LogP contribution >= 0.6 is 11.3 Å². The molecule has 1 amide bonds. The molecule has 0 aliphatic carbocycles. The Morgan fingerprint density at radius 1 is 1.56 bits per heavy atom. The fourth-order valence-electron chi connectivity index (χ4n) is 1.55. The molecular formula is C11H18N2O4S. The molecule has 0 bridgehead atoms. The van der Waals surface area contributed by atoms with E-state index in [4.69, 9.17) is 10.2 Å². The standard InChI is InChI=1S/C11H18N2O4S/c1-6(2)8(13-11(16)17)3-9(15)10-12-7(4-14)5-18-10/h5-6,8-9,13-15H,3-4H2,1-2H3,(H,16,17). The Morgan fingerprint density at radius 2 is 2.22 bits per heavy atom. The number of aliphatic hydroxyl groups excluding tert-OH is 2. The lowest BCUT2D eigenvalue weighted by molar-refractivity contribution is 0.134. The molecule has 0 aliphatic rings. The van der Waals surface area contributed by atoms with E-state index < -0.39 is 12.2 Å². The number of hydrogen-bond acceptors (Lipinski definition) is 5. The van der Waals surface area contributed by atoms with E-state index in [0.29, 0.717) is 10.7 Å². The number of nitrogens with one attached hydrogen (secondary N) is 1. The Balaban J connectivity index is 2.65. The highest BCUT2D eigenvalue weighted by atomic mass is 32.1. The van der Waals surface area contributed by atoms with Gasteiger partial charge in [0, 0.05) is 17.8 Å². The van der Waals surface area contributed by atoms with Gasteiger partial charge < -0.3 is 20.6 Å². The van der Waals surface area contributed by atoms with Crippen LogP contribution in [-0.4, -0.2) is 32.4 Å². The lowest BCUT2D eigenvalue weighted by Gasteiger charge is -2.22. The smallest absolute Gasteiger partial charge is 0.404 e. The maximum absolute atomic E-state index is 10.6. The van der Waals surface area contributed by atoms with E-state index >= 15 is 0 Å². The Bertz CT molecular complexity index is 394. The second-order valence-corrected chi connectivity index (χ2v) is 5.28. The predicted molar refractivity (Wildman–Crippen MR) is 67.4 cm³/mol. The molecule has 18 heavy (non-hydrogen) atoms. The van der Waals surface area contributed by atoms with Gasteiger partial charge in [0.25, 0.3) is 0 Å². The summed E-state index contributed by atoms with van der Waals surface area (Å²) in [7, 11) is 0. The van der Waals surface area contributed by atoms with E-state index in [2.05, 4.69) is 10.3 Å². The first-order valence-electron chi connectivity index (χ1n) is 5.66. The van der Waals surface area contributed by atoms with Crippen molar-refractivity contribution in [2.24, 2.45) is 5.92 Å². The zero-order valence-electron chi connectivity index (χ0n) is 10.3. The quantitative estimate of drug-likeness (QED) is 0.627. The van der Waals surface area contributed by atoms with E-state index in [-0.39, 0.29) is 25.0 Å². The molecule has 0 saturated carbocycles. The highest BCUT2D eigenvalue weighted by molar-refractivity contribution is 7.09. The lowest BCUT2D eigenvalue weighted by atomic mass is 9.98. The first-order chi connectivity index (χ1) is 8.43. The van der Waals surface area contributed by atoms with E-state index in [0.717, 1.165) is 0 Å². The summed E-state index contributed by atoms with van der Waals surface area (Å²) in [5.74, 6) is 0.0769. The molecule has 1 heterocycles. The predicted octanol–water partition coefficient (Wildman–Crippen LogP) is 1.35. The summed E-state index contributed by atoms with van der Waals surface area (Å²) in [6.07, 6.45) is -1.66. The molecule has 1 aromatic rings. The summed E-state index contributed by atoms with van der Waals surface area (Å²) < 4.78 is 0. The highest BCUT2D eigenvalue weighted by Gasteiger charge is 2.22. The Hall–Kier alpha value is -1.18. The molecule has 2 unspecified atom stereocenters. The Kier molecular flexibility index (Phi) is 5.52.